The first-order valence-electron chi connectivity index (χ1n) is 9.17. The third-order valence-corrected chi connectivity index (χ3v) is 5.32. The summed E-state index contributed by atoms with van der Waals surface area (Å²) in [6.45, 7) is 2.53. The van der Waals surface area contributed by atoms with Crippen molar-refractivity contribution in [1.29, 1.82) is 0 Å². The number of ether oxygens (including phenoxy) is 2. The summed E-state index contributed by atoms with van der Waals surface area (Å²) in [5, 5.41) is 12.7. The Morgan fingerprint density at radius 2 is 1.77 bits per heavy atom. The SMILES string of the molecule is CCc1c(C(=O)O)c(OC(F)(F)C(F)OC(F)(F)F)nn1-c1cc(SCC(F)(F)F)c(C)cc1F. The Hall–Kier alpha value is -2.69. The quantitative estimate of drug-likeness (QED) is 0.307. The van der Waals surface area contributed by atoms with E-state index in [0.717, 1.165) is 12.1 Å². The summed E-state index contributed by atoms with van der Waals surface area (Å²) < 4.78 is 137. The zero-order chi connectivity index (χ0) is 26.9. The van der Waals surface area contributed by atoms with Crippen molar-refractivity contribution in [2.24, 2.45) is 0 Å². The highest BCUT2D eigenvalue weighted by Crippen LogP contribution is 2.36. The number of alkyl halides is 9. The van der Waals surface area contributed by atoms with Gasteiger partial charge in [-0.3, -0.25) is 0 Å². The molecule has 0 amide bonds. The number of halogens is 10. The highest BCUT2D eigenvalue weighted by atomic mass is 32.2. The van der Waals surface area contributed by atoms with E-state index >= 15 is 0 Å². The van der Waals surface area contributed by atoms with E-state index in [0.29, 0.717) is 4.68 Å². The Morgan fingerprint density at radius 3 is 2.26 bits per heavy atom. The lowest BCUT2D eigenvalue weighted by molar-refractivity contribution is -0.411. The molecule has 1 aromatic carbocycles. The molecule has 1 heterocycles. The smallest absolute Gasteiger partial charge is 0.477 e. The van der Waals surface area contributed by atoms with E-state index in [9.17, 15) is 53.8 Å². The normalized spacial score (nSPS) is 13.7. The van der Waals surface area contributed by atoms with Gasteiger partial charge in [0.1, 0.15) is 17.1 Å². The zero-order valence-corrected chi connectivity index (χ0v) is 18.2. The number of carboxylic acids is 1. The maximum atomic E-state index is 14.7. The molecule has 1 N–H and O–H groups in total. The van der Waals surface area contributed by atoms with Crippen LogP contribution in [0.1, 0.15) is 28.5 Å². The minimum atomic E-state index is -5.84. The van der Waals surface area contributed by atoms with Gasteiger partial charge in [0, 0.05) is 4.90 Å². The van der Waals surface area contributed by atoms with E-state index in [-0.39, 0.29) is 28.6 Å². The lowest BCUT2D eigenvalue weighted by Gasteiger charge is -2.21. The zero-order valence-electron chi connectivity index (χ0n) is 17.4. The number of rotatable bonds is 9. The number of carboxylic acid groups (broad SMARTS) is 1. The summed E-state index contributed by atoms with van der Waals surface area (Å²) in [5.74, 6) is -6.12. The van der Waals surface area contributed by atoms with E-state index in [1.54, 1.807) is 0 Å². The number of aryl methyl sites for hydroxylation is 1. The van der Waals surface area contributed by atoms with Gasteiger partial charge in [-0.2, -0.15) is 22.0 Å². The molecule has 0 spiro atoms. The van der Waals surface area contributed by atoms with Crippen LogP contribution in [0.4, 0.5) is 43.9 Å². The molecule has 1 atom stereocenters. The molecule has 1 unspecified atom stereocenters. The lowest BCUT2D eigenvalue weighted by atomic mass is 10.1. The molecular formula is C18H14F10N2O4S. The molecule has 0 bridgehead atoms. The molecule has 0 saturated carbocycles. The largest absolute Gasteiger partial charge is 0.525 e. The second kappa shape index (κ2) is 10.1. The van der Waals surface area contributed by atoms with Crippen LogP contribution in [-0.2, 0) is 11.2 Å². The minimum Gasteiger partial charge on any atom is -0.477 e. The number of hydrogen-bond donors (Lipinski definition) is 1. The molecule has 0 aliphatic heterocycles. The van der Waals surface area contributed by atoms with Crippen LogP contribution in [-0.4, -0.2) is 51.6 Å². The number of aromatic nitrogens is 2. The topological polar surface area (TPSA) is 73.6 Å². The number of carbonyl (C=O) groups is 1. The van der Waals surface area contributed by atoms with Crippen LogP contribution >= 0.6 is 11.8 Å². The first kappa shape index (κ1) is 28.5. The molecule has 0 fully saturated rings. The first-order chi connectivity index (χ1) is 15.9. The molecule has 2 aromatic rings. The van der Waals surface area contributed by atoms with Crippen LogP contribution in [0.3, 0.4) is 0 Å². The third kappa shape index (κ3) is 7.16. The van der Waals surface area contributed by atoms with Crippen LogP contribution in [0.2, 0.25) is 0 Å². The van der Waals surface area contributed by atoms with E-state index in [4.69, 9.17) is 0 Å². The summed E-state index contributed by atoms with van der Waals surface area (Å²) in [5.41, 5.74) is -2.32. The Bertz CT molecular complexity index is 1080. The fourth-order valence-corrected chi connectivity index (χ4v) is 3.52. The maximum absolute atomic E-state index is 14.7. The fourth-order valence-electron chi connectivity index (χ4n) is 2.72. The van der Waals surface area contributed by atoms with Gasteiger partial charge in [-0.25, -0.2) is 23.0 Å². The summed E-state index contributed by atoms with van der Waals surface area (Å²) in [7, 11) is 0. The van der Waals surface area contributed by atoms with Gasteiger partial charge >= 0.3 is 31.0 Å². The standard InChI is InChI=1S/C18H14F10N2O4S/c1-3-9-12(14(31)32)13(33-17(24,25)15(20)34-18(26,27)28)29-30(9)10-5-11(7(2)4-8(10)19)35-6-16(21,22)23/h4-5,15H,3,6H2,1-2H3,(H,31,32). The highest BCUT2D eigenvalue weighted by molar-refractivity contribution is 7.99. The molecule has 0 saturated heterocycles. The van der Waals surface area contributed by atoms with Crippen LogP contribution < -0.4 is 4.74 Å². The van der Waals surface area contributed by atoms with E-state index in [1.165, 1.54) is 13.8 Å². The second-order valence-electron chi connectivity index (χ2n) is 6.71. The van der Waals surface area contributed by atoms with Gasteiger partial charge < -0.3 is 9.84 Å². The Kier molecular flexibility index (Phi) is 8.26. The number of aromatic carboxylic acids is 1. The molecule has 1 aromatic heterocycles. The van der Waals surface area contributed by atoms with Crippen LogP contribution in [0.15, 0.2) is 17.0 Å². The molecule has 0 aliphatic carbocycles. The fraction of sp³-hybridized carbons (Fsp3) is 0.444. The van der Waals surface area contributed by atoms with Crippen molar-refractivity contribution in [2.75, 3.05) is 5.75 Å². The molecule has 17 heteroatoms. The van der Waals surface area contributed by atoms with Crippen molar-refractivity contribution in [3.63, 3.8) is 0 Å². The minimum absolute atomic E-state index is 0.0525. The van der Waals surface area contributed by atoms with Gasteiger partial charge in [0.05, 0.1) is 11.4 Å². The predicted molar refractivity (Wildman–Crippen MR) is 99.0 cm³/mol. The lowest BCUT2D eigenvalue weighted by Crippen LogP contribution is -2.41. The third-order valence-electron chi connectivity index (χ3n) is 4.10. The summed E-state index contributed by atoms with van der Waals surface area (Å²) in [6.07, 6.45) is -20.6. The molecule has 196 valence electrons. The number of thioether (sulfide) groups is 1. The van der Waals surface area contributed by atoms with Crippen LogP contribution in [0, 0.1) is 12.7 Å². The van der Waals surface area contributed by atoms with Gasteiger partial charge in [-0.05, 0) is 31.0 Å². The van der Waals surface area contributed by atoms with Gasteiger partial charge in [0.2, 0.25) is 0 Å². The average molecular weight is 544 g/mol. The maximum Gasteiger partial charge on any atom is 0.525 e. The highest BCUT2D eigenvalue weighted by Gasteiger charge is 2.52. The average Bonchev–Trinajstić information content (AvgIpc) is 3.02. The molecular weight excluding hydrogens is 530 g/mol. The van der Waals surface area contributed by atoms with Crippen molar-refractivity contribution < 1.29 is 63.3 Å². The molecule has 0 radical (unpaired) electrons. The predicted octanol–water partition coefficient (Wildman–Crippen LogP) is 6.04. The molecule has 35 heavy (non-hydrogen) atoms. The Balaban J connectivity index is 2.60. The van der Waals surface area contributed by atoms with E-state index in [1.807, 2.05) is 0 Å². The van der Waals surface area contributed by atoms with Crippen LogP contribution in [0.5, 0.6) is 5.88 Å². The first-order valence-corrected chi connectivity index (χ1v) is 10.2. The van der Waals surface area contributed by atoms with Crippen molar-refractivity contribution in [1.82, 2.24) is 9.78 Å². The monoisotopic (exact) mass is 544 g/mol. The van der Waals surface area contributed by atoms with Crippen molar-refractivity contribution in [3.8, 4) is 11.6 Å². The van der Waals surface area contributed by atoms with Crippen LogP contribution in [0.25, 0.3) is 5.69 Å². The molecule has 6 nitrogen and oxygen atoms in total. The van der Waals surface area contributed by atoms with Crippen molar-refractivity contribution in [2.45, 2.75) is 50.2 Å². The summed E-state index contributed by atoms with van der Waals surface area (Å²) in [4.78, 5) is 11.5. The van der Waals surface area contributed by atoms with Crippen molar-refractivity contribution >= 4 is 17.7 Å². The second-order valence-corrected chi connectivity index (χ2v) is 7.73. The number of hydrogen-bond acceptors (Lipinski definition) is 5. The van der Waals surface area contributed by atoms with E-state index < -0.39 is 65.4 Å². The Morgan fingerprint density at radius 1 is 1.17 bits per heavy atom. The van der Waals surface area contributed by atoms with Crippen molar-refractivity contribution in [3.05, 3.63) is 34.8 Å². The molecule has 0 aliphatic rings. The number of nitrogens with zero attached hydrogens (tertiary/aromatic N) is 2. The van der Waals surface area contributed by atoms with Gasteiger partial charge in [0.25, 0.3) is 5.88 Å². The molecule has 2 rings (SSSR count). The Labute approximate surface area is 193 Å². The summed E-state index contributed by atoms with van der Waals surface area (Å²) in [6, 6.07) is 1.62. The number of benzene rings is 1. The van der Waals surface area contributed by atoms with Gasteiger partial charge in [0.15, 0.2) is 0 Å². The summed E-state index contributed by atoms with van der Waals surface area (Å²) >= 11 is 0.248. The van der Waals surface area contributed by atoms with E-state index in [2.05, 4.69) is 14.6 Å². The van der Waals surface area contributed by atoms with Gasteiger partial charge in [-0.15, -0.1) is 30.0 Å². The van der Waals surface area contributed by atoms with Gasteiger partial charge in [-0.1, -0.05) is 6.92 Å².